The van der Waals surface area contributed by atoms with Crippen LogP contribution in [-0.4, -0.2) is 0 Å². The molecule has 1 atom stereocenters. The van der Waals surface area contributed by atoms with E-state index in [1.165, 1.54) is 23.5 Å². The molecule has 1 heterocycles. The van der Waals surface area contributed by atoms with Crippen molar-refractivity contribution in [2.45, 2.75) is 5.38 Å². The Bertz CT molecular complexity index is 512. The number of hydrogen-bond acceptors (Lipinski definition) is 1. The van der Waals surface area contributed by atoms with Gasteiger partial charge < -0.3 is 0 Å². The topological polar surface area (TPSA) is 0 Å². The second-order valence-electron chi connectivity index (χ2n) is 3.17. The Labute approximate surface area is 115 Å². The Morgan fingerprint density at radius 2 is 2.00 bits per heavy atom. The minimum Gasteiger partial charge on any atom is -0.207 e. The third kappa shape index (κ3) is 2.59. The van der Waals surface area contributed by atoms with Crippen molar-refractivity contribution in [1.82, 2.24) is 0 Å². The molecule has 2 aromatic rings. The van der Waals surface area contributed by atoms with Gasteiger partial charge in [-0.05, 0) is 29.8 Å². The predicted molar refractivity (Wildman–Crippen MR) is 71.1 cm³/mol. The number of halogens is 4. The van der Waals surface area contributed by atoms with Gasteiger partial charge in [-0.25, -0.2) is 4.39 Å². The van der Waals surface area contributed by atoms with Crippen molar-refractivity contribution < 1.29 is 4.39 Å². The molecule has 0 nitrogen and oxygen atoms in total. The van der Waals surface area contributed by atoms with Crippen molar-refractivity contribution in [2.24, 2.45) is 0 Å². The number of rotatable bonds is 2. The van der Waals surface area contributed by atoms with E-state index < -0.39 is 0 Å². The maximum atomic E-state index is 12.9. The van der Waals surface area contributed by atoms with Crippen molar-refractivity contribution >= 4 is 50.5 Å². The van der Waals surface area contributed by atoms with E-state index in [1.54, 1.807) is 12.1 Å². The lowest BCUT2D eigenvalue weighted by Crippen LogP contribution is -1.92. The normalized spacial score (nSPS) is 12.8. The first-order valence-electron chi connectivity index (χ1n) is 4.42. The van der Waals surface area contributed by atoms with Crippen molar-refractivity contribution in [2.75, 3.05) is 0 Å². The summed E-state index contributed by atoms with van der Waals surface area (Å²) in [6, 6.07) is 8.14. The molecule has 0 spiro atoms. The van der Waals surface area contributed by atoms with Gasteiger partial charge in [0, 0.05) is 9.35 Å². The summed E-state index contributed by atoms with van der Waals surface area (Å²) in [6.07, 6.45) is 0. The minimum atomic E-state index is -0.313. The smallest absolute Gasteiger partial charge is 0.124 e. The first-order valence-corrected chi connectivity index (χ1v) is 6.84. The van der Waals surface area contributed by atoms with Crippen LogP contribution in [0, 0.1) is 5.82 Å². The van der Waals surface area contributed by atoms with Crippen molar-refractivity contribution in [3.8, 4) is 0 Å². The fraction of sp³-hybridized carbons (Fsp3) is 0.0909. The largest absolute Gasteiger partial charge is 0.207 e. The summed E-state index contributed by atoms with van der Waals surface area (Å²) in [5.41, 5.74) is 0.835. The van der Waals surface area contributed by atoms with Crippen LogP contribution < -0.4 is 0 Å². The monoisotopic (exact) mass is 338 g/mol. The molecule has 1 aromatic carbocycles. The van der Waals surface area contributed by atoms with Gasteiger partial charge >= 0.3 is 0 Å². The highest BCUT2D eigenvalue weighted by molar-refractivity contribution is 9.10. The molecule has 0 fully saturated rings. The van der Waals surface area contributed by atoms with Crippen molar-refractivity contribution in [3.05, 3.63) is 55.4 Å². The Kier molecular flexibility index (Phi) is 3.90. The van der Waals surface area contributed by atoms with E-state index in [0.29, 0.717) is 8.81 Å². The van der Waals surface area contributed by atoms with E-state index in [1.807, 2.05) is 6.07 Å². The summed E-state index contributed by atoms with van der Waals surface area (Å²) in [6.45, 7) is 0. The standard InChI is InChI=1S/C11H6BrCl2FS/c12-8-5-6(15)1-2-7(8)11(14)9-3-4-10(13)16-9/h1-5,11H. The Balaban J connectivity index is 2.37. The van der Waals surface area contributed by atoms with Gasteiger partial charge in [-0.1, -0.05) is 33.6 Å². The van der Waals surface area contributed by atoms with Crippen LogP contribution in [0.25, 0.3) is 0 Å². The molecule has 0 saturated heterocycles. The SMILES string of the molecule is Fc1ccc(C(Cl)c2ccc(Cl)s2)c(Br)c1. The molecule has 0 aliphatic rings. The molecule has 0 amide bonds. The van der Waals surface area contributed by atoms with Crippen molar-refractivity contribution in [1.29, 1.82) is 0 Å². The third-order valence-corrected chi connectivity index (χ3v) is 4.66. The van der Waals surface area contributed by atoms with Gasteiger partial charge in [-0.2, -0.15) is 0 Å². The molecule has 1 aromatic heterocycles. The summed E-state index contributed by atoms with van der Waals surface area (Å²) in [7, 11) is 0. The van der Waals surface area contributed by atoms with Crippen LogP contribution in [0.5, 0.6) is 0 Å². The fourth-order valence-electron chi connectivity index (χ4n) is 1.32. The molecule has 84 valence electrons. The van der Waals surface area contributed by atoms with Gasteiger partial charge in [0.05, 0.1) is 9.71 Å². The van der Waals surface area contributed by atoms with Gasteiger partial charge in [0.1, 0.15) is 5.82 Å². The number of benzene rings is 1. The molecule has 0 radical (unpaired) electrons. The predicted octanol–water partition coefficient (Wildman–Crippen LogP) is 5.63. The molecular formula is C11H6BrCl2FS. The van der Waals surface area contributed by atoms with Gasteiger partial charge in [-0.15, -0.1) is 22.9 Å². The van der Waals surface area contributed by atoms with Gasteiger partial charge in [-0.3, -0.25) is 0 Å². The van der Waals surface area contributed by atoms with E-state index in [2.05, 4.69) is 15.9 Å². The third-order valence-electron chi connectivity index (χ3n) is 2.08. The average molecular weight is 340 g/mol. The van der Waals surface area contributed by atoms with Crippen LogP contribution in [0.3, 0.4) is 0 Å². The molecule has 2 rings (SSSR count). The molecule has 5 heteroatoms. The van der Waals surface area contributed by atoms with Crippen LogP contribution >= 0.6 is 50.5 Å². The highest BCUT2D eigenvalue weighted by Gasteiger charge is 2.16. The highest BCUT2D eigenvalue weighted by atomic mass is 79.9. The van der Waals surface area contributed by atoms with E-state index in [9.17, 15) is 4.39 Å². The first kappa shape index (κ1) is 12.4. The molecule has 0 saturated carbocycles. The summed E-state index contributed by atoms with van der Waals surface area (Å²) >= 11 is 16.9. The van der Waals surface area contributed by atoms with Gasteiger partial charge in [0.2, 0.25) is 0 Å². The van der Waals surface area contributed by atoms with E-state index in [-0.39, 0.29) is 11.2 Å². The van der Waals surface area contributed by atoms with Crippen LogP contribution in [0.15, 0.2) is 34.8 Å². The molecule has 0 aliphatic carbocycles. The zero-order valence-corrected chi connectivity index (χ0v) is 11.8. The lowest BCUT2D eigenvalue weighted by atomic mass is 10.1. The summed E-state index contributed by atoms with van der Waals surface area (Å²) < 4.78 is 14.3. The minimum absolute atomic E-state index is 0.288. The van der Waals surface area contributed by atoms with E-state index in [0.717, 1.165) is 10.4 Å². The molecule has 0 N–H and O–H groups in total. The highest BCUT2D eigenvalue weighted by Crippen LogP contribution is 2.38. The maximum Gasteiger partial charge on any atom is 0.124 e. The molecular weight excluding hydrogens is 334 g/mol. The first-order chi connectivity index (χ1) is 7.58. The Morgan fingerprint density at radius 3 is 2.56 bits per heavy atom. The molecule has 16 heavy (non-hydrogen) atoms. The maximum absolute atomic E-state index is 12.9. The molecule has 0 aliphatic heterocycles. The number of thiophene rings is 1. The second-order valence-corrected chi connectivity index (χ2v) is 6.21. The van der Waals surface area contributed by atoms with E-state index in [4.69, 9.17) is 23.2 Å². The average Bonchev–Trinajstić information content (AvgIpc) is 2.64. The number of hydrogen-bond donors (Lipinski definition) is 0. The summed E-state index contributed by atoms with van der Waals surface area (Å²) in [4.78, 5) is 0.943. The Morgan fingerprint density at radius 1 is 1.25 bits per heavy atom. The Hall–Kier alpha value is -0.0900. The van der Waals surface area contributed by atoms with E-state index >= 15 is 0 Å². The second kappa shape index (κ2) is 5.05. The summed E-state index contributed by atoms with van der Waals surface area (Å²) in [5, 5.41) is -0.313. The van der Waals surface area contributed by atoms with Gasteiger partial charge in [0.25, 0.3) is 0 Å². The zero-order chi connectivity index (χ0) is 11.7. The summed E-state index contributed by atoms with van der Waals surface area (Å²) in [5.74, 6) is -0.288. The lowest BCUT2D eigenvalue weighted by Gasteiger charge is -2.09. The zero-order valence-electron chi connectivity index (χ0n) is 7.88. The number of alkyl halides is 1. The quantitative estimate of drug-likeness (QED) is 0.622. The lowest BCUT2D eigenvalue weighted by molar-refractivity contribution is 0.626. The molecule has 1 unspecified atom stereocenters. The fourth-order valence-corrected chi connectivity index (χ4v) is 3.49. The van der Waals surface area contributed by atoms with Crippen LogP contribution in [0.1, 0.15) is 15.8 Å². The molecule has 0 bridgehead atoms. The van der Waals surface area contributed by atoms with Crippen LogP contribution in [-0.2, 0) is 0 Å². The van der Waals surface area contributed by atoms with Crippen LogP contribution in [0.2, 0.25) is 4.34 Å². The van der Waals surface area contributed by atoms with Gasteiger partial charge in [0.15, 0.2) is 0 Å². The van der Waals surface area contributed by atoms with Crippen molar-refractivity contribution in [3.63, 3.8) is 0 Å². The van der Waals surface area contributed by atoms with Crippen LogP contribution in [0.4, 0.5) is 4.39 Å².